The van der Waals surface area contributed by atoms with E-state index in [4.69, 9.17) is 16.3 Å². The molecule has 0 bridgehead atoms. The molecule has 2 rings (SSSR count). The van der Waals surface area contributed by atoms with Crippen LogP contribution in [0.5, 0.6) is 5.88 Å². The number of aromatic nitrogens is 1. The predicted molar refractivity (Wildman–Crippen MR) is 109 cm³/mol. The molecule has 29 heavy (non-hydrogen) atoms. The maximum atomic E-state index is 12.6. The van der Waals surface area contributed by atoms with E-state index in [0.717, 1.165) is 38.5 Å². The Bertz CT molecular complexity index is 676. The first kappa shape index (κ1) is 23.5. The molecule has 0 saturated carbocycles. The van der Waals surface area contributed by atoms with Crippen LogP contribution in [0.15, 0.2) is 17.3 Å². The Labute approximate surface area is 174 Å². The van der Waals surface area contributed by atoms with Gasteiger partial charge in [0.25, 0.3) is 0 Å². The van der Waals surface area contributed by atoms with E-state index in [-0.39, 0.29) is 17.5 Å². The van der Waals surface area contributed by atoms with Gasteiger partial charge in [-0.1, -0.05) is 11.6 Å². The number of ether oxygens (including phenoxy) is 1. The van der Waals surface area contributed by atoms with Gasteiger partial charge >= 0.3 is 6.18 Å². The molecule has 0 unspecified atom stereocenters. The van der Waals surface area contributed by atoms with Crippen LogP contribution in [0, 0.1) is 0 Å². The number of hydrogen-bond acceptors (Lipinski definition) is 4. The minimum Gasteiger partial charge on any atom is -0.475 e. The van der Waals surface area contributed by atoms with Crippen molar-refractivity contribution in [2.75, 3.05) is 32.8 Å². The molecule has 0 spiro atoms. The number of guanidine groups is 1. The van der Waals surface area contributed by atoms with Crippen LogP contribution < -0.4 is 15.4 Å². The van der Waals surface area contributed by atoms with E-state index in [0.29, 0.717) is 30.8 Å². The Morgan fingerprint density at radius 3 is 2.62 bits per heavy atom. The Morgan fingerprint density at radius 2 is 2.07 bits per heavy atom. The zero-order chi connectivity index (χ0) is 21.4. The first-order chi connectivity index (χ1) is 13.7. The van der Waals surface area contributed by atoms with Gasteiger partial charge in [0.1, 0.15) is 11.6 Å². The lowest BCUT2D eigenvalue weighted by atomic mass is 10.0. The van der Waals surface area contributed by atoms with E-state index in [1.54, 1.807) is 0 Å². The van der Waals surface area contributed by atoms with Crippen molar-refractivity contribution in [1.82, 2.24) is 20.5 Å². The second kappa shape index (κ2) is 10.9. The molecule has 1 fully saturated rings. The monoisotopic (exact) mass is 435 g/mol. The molecular weight excluding hydrogens is 407 g/mol. The van der Waals surface area contributed by atoms with Gasteiger partial charge in [-0.3, -0.25) is 0 Å². The average molecular weight is 436 g/mol. The summed E-state index contributed by atoms with van der Waals surface area (Å²) < 4.78 is 43.3. The Balaban J connectivity index is 1.83. The first-order valence-electron chi connectivity index (χ1n) is 9.85. The fraction of sp³-hybridized carbons (Fsp3) is 0.684. The van der Waals surface area contributed by atoms with Crippen molar-refractivity contribution in [3.63, 3.8) is 0 Å². The molecule has 1 saturated heterocycles. The number of rotatable bonds is 7. The summed E-state index contributed by atoms with van der Waals surface area (Å²) in [6.45, 7) is 9.70. The van der Waals surface area contributed by atoms with Crippen LogP contribution in [0.4, 0.5) is 13.2 Å². The SMILES string of the molecule is CCNC(=NCCOc1ncc(C(F)(F)F)cc1Cl)NC1CCN(C(C)C)CC1. The van der Waals surface area contributed by atoms with Gasteiger partial charge in [0.15, 0.2) is 5.96 Å². The molecule has 1 aromatic heterocycles. The number of piperidine rings is 1. The van der Waals surface area contributed by atoms with Crippen molar-refractivity contribution in [1.29, 1.82) is 0 Å². The molecular formula is C19H29ClF3N5O. The Hall–Kier alpha value is -1.74. The molecule has 1 aromatic rings. The van der Waals surface area contributed by atoms with Gasteiger partial charge < -0.3 is 20.3 Å². The van der Waals surface area contributed by atoms with E-state index in [1.165, 1.54) is 0 Å². The van der Waals surface area contributed by atoms with Crippen molar-refractivity contribution >= 4 is 17.6 Å². The smallest absolute Gasteiger partial charge is 0.417 e. The summed E-state index contributed by atoms with van der Waals surface area (Å²) in [5.74, 6) is 0.666. The maximum Gasteiger partial charge on any atom is 0.417 e. The number of pyridine rings is 1. The zero-order valence-corrected chi connectivity index (χ0v) is 17.8. The third kappa shape index (κ3) is 7.54. The number of likely N-dealkylation sites (tertiary alicyclic amines) is 1. The van der Waals surface area contributed by atoms with Gasteiger partial charge in [-0.15, -0.1) is 0 Å². The number of halogens is 4. The van der Waals surface area contributed by atoms with E-state index < -0.39 is 11.7 Å². The van der Waals surface area contributed by atoms with Gasteiger partial charge in [-0.25, -0.2) is 9.98 Å². The number of hydrogen-bond donors (Lipinski definition) is 2. The summed E-state index contributed by atoms with van der Waals surface area (Å²) in [6, 6.07) is 1.72. The van der Waals surface area contributed by atoms with E-state index in [2.05, 4.69) is 39.4 Å². The highest BCUT2D eigenvalue weighted by Gasteiger charge is 2.31. The highest BCUT2D eigenvalue weighted by Crippen LogP contribution is 2.33. The Morgan fingerprint density at radius 1 is 1.38 bits per heavy atom. The molecule has 0 atom stereocenters. The summed E-state index contributed by atoms with van der Waals surface area (Å²) in [6.07, 6.45) is -1.69. The molecule has 0 amide bonds. The topological polar surface area (TPSA) is 61.8 Å². The van der Waals surface area contributed by atoms with Crippen LogP contribution in [-0.4, -0.2) is 60.7 Å². The lowest BCUT2D eigenvalue weighted by molar-refractivity contribution is -0.137. The minimum absolute atomic E-state index is 0.0334. The van der Waals surface area contributed by atoms with Crippen molar-refractivity contribution < 1.29 is 17.9 Å². The lowest BCUT2D eigenvalue weighted by Crippen LogP contribution is -2.50. The van der Waals surface area contributed by atoms with E-state index >= 15 is 0 Å². The second-order valence-corrected chi connectivity index (χ2v) is 7.57. The largest absolute Gasteiger partial charge is 0.475 e. The molecule has 2 N–H and O–H groups in total. The predicted octanol–water partition coefficient (Wildman–Crippen LogP) is 3.56. The van der Waals surface area contributed by atoms with Crippen molar-refractivity contribution in [2.45, 2.75) is 51.9 Å². The highest BCUT2D eigenvalue weighted by molar-refractivity contribution is 6.31. The molecule has 1 aliphatic heterocycles. The van der Waals surface area contributed by atoms with E-state index in [9.17, 15) is 13.2 Å². The first-order valence-corrected chi connectivity index (χ1v) is 10.2. The van der Waals surface area contributed by atoms with Gasteiger partial charge in [0, 0.05) is 37.9 Å². The van der Waals surface area contributed by atoms with Gasteiger partial charge in [0.05, 0.1) is 12.1 Å². The fourth-order valence-electron chi connectivity index (χ4n) is 3.06. The molecule has 0 aliphatic carbocycles. The summed E-state index contributed by atoms with van der Waals surface area (Å²) in [7, 11) is 0. The summed E-state index contributed by atoms with van der Waals surface area (Å²) in [5, 5.41) is 6.47. The number of nitrogens with one attached hydrogen (secondary N) is 2. The van der Waals surface area contributed by atoms with Crippen LogP contribution in [0.1, 0.15) is 39.2 Å². The third-order valence-corrected chi connectivity index (χ3v) is 4.95. The van der Waals surface area contributed by atoms with Crippen LogP contribution >= 0.6 is 11.6 Å². The molecule has 0 radical (unpaired) electrons. The zero-order valence-electron chi connectivity index (χ0n) is 17.0. The minimum atomic E-state index is -4.49. The number of nitrogens with zero attached hydrogens (tertiary/aromatic N) is 3. The van der Waals surface area contributed by atoms with Crippen LogP contribution in [-0.2, 0) is 6.18 Å². The average Bonchev–Trinajstić information content (AvgIpc) is 2.66. The van der Waals surface area contributed by atoms with Gasteiger partial charge in [0.2, 0.25) is 5.88 Å². The van der Waals surface area contributed by atoms with Crippen molar-refractivity contribution in [3.05, 3.63) is 22.8 Å². The lowest BCUT2D eigenvalue weighted by Gasteiger charge is -2.35. The quantitative estimate of drug-likeness (QED) is 0.389. The maximum absolute atomic E-state index is 12.6. The standard InChI is InChI=1S/C19H29ClF3N5O/c1-4-24-18(27-15-5-8-28(9-6-15)13(2)3)25-7-10-29-17-16(20)11-14(12-26-17)19(21,22)23/h11-13,15H,4-10H2,1-3H3,(H2,24,25,27). The summed E-state index contributed by atoms with van der Waals surface area (Å²) >= 11 is 5.84. The number of alkyl halides is 3. The van der Waals surface area contributed by atoms with Crippen molar-refractivity contribution in [2.24, 2.45) is 4.99 Å². The van der Waals surface area contributed by atoms with Gasteiger partial charge in [-0.05, 0) is 39.7 Å². The molecule has 10 heteroatoms. The summed E-state index contributed by atoms with van der Waals surface area (Å²) in [5.41, 5.74) is -0.907. The van der Waals surface area contributed by atoms with Crippen LogP contribution in [0.25, 0.3) is 0 Å². The molecule has 2 heterocycles. The molecule has 1 aliphatic rings. The second-order valence-electron chi connectivity index (χ2n) is 7.17. The Kier molecular flexibility index (Phi) is 8.82. The normalized spacial score (nSPS) is 16.9. The van der Waals surface area contributed by atoms with E-state index in [1.807, 2.05) is 6.92 Å². The van der Waals surface area contributed by atoms with Crippen LogP contribution in [0.3, 0.4) is 0 Å². The fourth-order valence-corrected chi connectivity index (χ4v) is 3.28. The summed E-state index contributed by atoms with van der Waals surface area (Å²) in [4.78, 5) is 10.6. The van der Waals surface area contributed by atoms with Crippen LogP contribution in [0.2, 0.25) is 5.02 Å². The molecule has 0 aromatic carbocycles. The third-order valence-electron chi connectivity index (χ3n) is 4.68. The van der Waals surface area contributed by atoms with Gasteiger partial charge in [-0.2, -0.15) is 13.2 Å². The van der Waals surface area contributed by atoms with Crippen molar-refractivity contribution in [3.8, 4) is 5.88 Å². The number of aliphatic imine (C=N–C) groups is 1. The molecule has 164 valence electrons. The molecule has 6 nitrogen and oxygen atoms in total. The highest BCUT2D eigenvalue weighted by atomic mass is 35.5.